The summed E-state index contributed by atoms with van der Waals surface area (Å²) >= 11 is 0. The average molecular weight is 200 g/mol. The molecule has 0 saturated carbocycles. The molecule has 2 nitrogen and oxygen atoms in total. The molecule has 0 N–H and O–H groups in total. The molecule has 0 rings (SSSR count). The summed E-state index contributed by atoms with van der Waals surface area (Å²) in [4.78, 5) is 0. The molecule has 14 heavy (non-hydrogen) atoms. The smallest absolute Gasteiger partial charge is 0.179 e. The van der Waals surface area contributed by atoms with Crippen molar-refractivity contribution in [1.29, 1.82) is 0 Å². The molecule has 0 aliphatic rings. The molecule has 0 aromatic carbocycles. The SMILES string of the molecule is C=C(C)C(OCCCC)OCCCC. The van der Waals surface area contributed by atoms with Crippen LogP contribution < -0.4 is 0 Å². The zero-order valence-corrected chi connectivity index (χ0v) is 9.84. The number of rotatable bonds is 9. The molecule has 0 aromatic rings. The van der Waals surface area contributed by atoms with Crippen LogP contribution in [0.15, 0.2) is 12.2 Å². The zero-order chi connectivity index (χ0) is 10.8. The molecule has 0 aliphatic carbocycles. The van der Waals surface area contributed by atoms with Crippen molar-refractivity contribution in [2.24, 2.45) is 0 Å². The van der Waals surface area contributed by atoms with Gasteiger partial charge in [-0.05, 0) is 25.3 Å². The molecule has 0 amide bonds. The van der Waals surface area contributed by atoms with E-state index in [1.165, 1.54) is 0 Å². The van der Waals surface area contributed by atoms with Crippen LogP contribution in [-0.2, 0) is 9.47 Å². The summed E-state index contributed by atoms with van der Waals surface area (Å²) in [5.74, 6) is 0. The van der Waals surface area contributed by atoms with Crippen molar-refractivity contribution < 1.29 is 9.47 Å². The van der Waals surface area contributed by atoms with Gasteiger partial charge in [0.05, 0.1) is 13.2 Å². The summed E-state index contributed by atoms with van der Waals surface area (Å²) in [6, 6.07) is 0. The first-order chi connectivity index (χ1) is 6.72. The Bertz CT molecular complexity index is 133. The van der Waals surface area contributed by atoms with Gasteiger partial charge in [-0.25, -0.2) is 0 Å². The van der Waals surface area contributed by atoms with Crippen molar-refractivity contribution in [2.45, 2.75) is 52.7 Å². The monoisotopic (exact) mass is 200 g/mol. The minimum absolute atomic E-state index is 0.201. The van der Waals surface area contributed by atoms with Crippen molar-refractivity contribution in [3.8, 4) is 0 Å². The maximum Gasteiger partial charge on any atom is 0.179 e. The lowest BCUT2D eigenvalue weighted by Crippen LogP contribution is -2.19. The van der Waals surface area contributed by atoms with Gasteiger partial charge < -0.3 is 9.47 Å². The third kappa shape index (κ3) is 7.10. The van der Waals surface area contributed by atoms with Crippen molar-refractivity contribution in [2.75, 3.05) is 13.2 Å². The summed E-state index contributed by atoms with van der Waals surface area (Å²) in [5, 5.41) is 0. The highest BCUT2D eigenvalue weighted by molar-refractivity contribution is 4.92. The summed E-state index contributed by atoms with van der Waals surface area (Å²) in [7, 11) is 0. The summed E-state index contributed by atoms with van der Waals surface area (Å²) in [6.45, 7) is 11.6. The second-order valence-corrected chi connectivity index (χ2v) is 3.63. The van der Waals surface area contributed by atoms with Crippen molar-refractivity contribution >= 4 is 0 Å². The van der Waals surface area contributed by atoms with E-state index in [2.05, 4.69) is 20.4 Å². The van der Waals surface area contributed by atoms with E-state index in [0.29, 0.717) is 0 Å². The molecule has 0 unspecified atom stereocenters. The minimum atomic E-state index is -0.201. The van der Waals surface area contributed by atoms with Gasteiger partial charge in [0.15, 0.2) is 6.29 Å². The zero-order valence-electron chi connectivity index (χ0n) is 9.84. The largest absolute Gasteiger partial charge is 0.349 e. The van der Waals surface area contributed by atoms with Gasteiger partial charge in [0, 0.05) is 0 Å². The van der Waals surface area contributed by atoms with E-state index in [4.69, 9.17) is 9.47 Å². The Hall–Kier alpha value is -0.340. The van der Waals surface area contributed by atoms with Gasteiger partial charge in [0.1, 0.15) is 0 Å². The van der Waals surface area contributed by atoms with Gasteiger partial charge in [0.2, 0.25) is 0 Å². The Kier molecular flexibility index (Phi) is 9.00. The summed E-state index contributed by atoms with van der Waals surface area (Å²) in [5.41, 5.74) is 0.956. The van der Waals surface area contributed by atoms with Crippen molar-refractivity contribution in [3.05, 3.63) is 12.2 Å². The molecule has 0 saturated heterocycles. The minimum Gasteiger partial charge on any atom is -0.349 e. The van der Waals surface area contributed by atoms with Crippen LogP contribution in [0.4, 0.5) is 0 Å². The molecule has 0 aliphatic heterocycles. The fraction of sp³-hybridized carbons (Fsp3) is 0.833. The average Bonchev–Trinajstić information content (AvgIpc) is 2.15. The molecule has 0 atom stereocenters. The Morgan fingerprint density at radius 2 is 1.50 bits per heavy atom. The van der Waals surface area contributed by atoms with E-state index in [-0.39, 0.29) is 6.29 Å². The highest BCUT2D eigenvalue weighted by Crippen LogP contribution is 2.07. The van der Waals surface area contributed by atoms with Crippen LogP contribution in [0.3, 0.4) is 0 Å². The van der Waals surface area contributed by atoms with Gasteiger partial charge in [-0.2, -0.15) is 0 Å². The lowest BCUT2D eigenvalue weighted by molar-refractivity contribution is -0.119. The third-order valence-electron chi connectivity index (χ3n) is 1.94. The molecule has 0 radical (unpaired) electrons. The fourth-order valence-corrected chi connectivity index (χ4v) is 1.00. The van der Waals surface area contributed by atoms with Gasteiger partial charge in [0.25, 0.3) is 0 Å². The molecule has 0 fully saturated rings. The van der Waals surface area contributed by atoms with Crippen LogP contribution in [-0.4, -0.2) is 19.5 Å². The molecule has 0 heterocycles. The topological polar surface area (TPSA) is 18.5 Å². The molecule has 0 bridgehead atoms. The second kappa shape index (κ2) is 9.22. The maximum atomic E-state index is 5.57. The summed E-state index contributed by atoms with van der Waals surface area (Å²) in [6.07, 6.45) is 4.27. The van der Waals surface area contributed by atoms with Gasteiger partial charge in [-0.3, -0.25) is 0 Å². The van der Waals surface area contributed by atoms with E-state index in [0.717, 1.165) is 44.5 Å². The van der Waals surface area contributed by atoms with E-state index in [9.17, 15) is 0 Å². The number of hydrogen-bond donors (Lipinski definition) is 0. The lowest BCUT2D eigenvalue weighted by atomic mass is 10.3. The van der Waals surface area contributed by atoms with Crippen LogP contribution in [0.1, 0.15) is 46.5 Å². The first kappa shape index (κ1) is 13.7. The summed E-state index contributed by atoms with van der Waals surface area (Å²) < 4.78 is 11.1. The Balaban J connectivity index is 3.61. The quantitative estimate of drug-likeness (QED) is 0.322. The van der Waals surface area contributed by atoms with E-state index >= 15 is 0 Å². The number of hydrogen-bond acceptors (Lipinski definition) is 2. The molecule has 2 heteroatoms. The van der Waals surface area contributed by atoms with Crippen LogP contribution in [0.2, 0.25) is 0 Å². The first-order valence-corrected chi connectivity index (χ1v) is 5.61. The standard InChI is InChI=1S/C12H24O2/c1-5-7-9-13-12(11(3)4)14-10-8-6-2/h12H,3,5-10H2,1-2,4H3. The highest BCUT2D eigenvalue weighted by atomic mass is 16.7. The lowest BCUT2D eigenvalue weighted by Gasteiger charge is -2.18. The van der Waals surface area contributed by atoms with Crippen LogP contribution in [0, 0.1) is 0 Å². The van der Waals surface area contributed by atoms with Gasteiger partial charge in [-0.15, -0.1) is 0 Å². The predicted molar refractivity (Wildman–Crippen MR) is 60.3 cm³/mol. The van der Waals surface area contributed by atoms with E-state index in [1.54, 1.807) is 0 Å². The fourth-order valence-electron chi connectivity index (χ4n) is 1.00. The van der Waals surface area contributed by atoms with E-state index < -0.39 is 0 Å². The predicted octanol–water partition coefficient (Wildman–Crippen LogP) is 3.52. The van der Waals surface area contributed by atoms with Crippen molar-refractivity contribution in [3.63, 3.8) is 0 Å². The highest BCUT2D eigenvalue weighted by Gasteiger charge is 2.08. The molecular formula is C12H24O2. The van der Waals surface area contributed by atoms with E-state index in [1.807, 2.05) is 6.92 Å². The number of unbranched alkanes of at least 4 members (excludes halogenated alkanes) is 2. The molecule has 84 valence electrons. The third-order valence-corrected chi connectivity index (χ3v) is 1.94. The molecule has 0 aromatic heterocycles. The normalized spacial score (nSPS) is 10.9. The molecule has 0 spiro atoms. The van der Waals surface area contributed by atoms with Crippen LogP contribution in [0.25, 0.3) is 0 Å². The number of ether oxygens (including phenoxy) is 2. The van der Waals surface area contributed by atoms with Gasteiger partial charge in [-0.1, -0.05) is 33.3 Å². The first-order valence-electron chi connectivity index (χ1n) is 5.61. The van der Waals surface area contributed by atoms with Crippen LogP contribution >= 0.6 is 0 Å². The Labute approximate surface area is 88.3 Å². The maximum absolute atomic E-state index is 5.57. The van der Waals surface area contributed by atoms with Crippen LogP contribution in [0.5, 0.6) is 0 Å². The Morgan fingerprint density at radius 1 is 1.07 bits per heavy atom. The van der Waals surface area contributed by atoms with Crippen molar-refractivity contribution in [1.82, 2.24) is 0 Å². The Morgan fingerprint density at radius 3 is 1.79 bits per heavy atom. The second-order valence-electron chi connectivity index (χ2n) is 3.63. The molecular weight excluding hydrogens is 176 g/mol. The van der Waals surface area contributed by atoms with Gasteiger partial charge >= 0.3 is 0 Å².